The summed E-state index contributed by atoms with van der Waals surface area (Å²) >= 11 is 0. The third-order valence-corrected chi connectivity index (χ3v) is 2.23. The van der Waals surface area contributed by atoms with Crippen LogP contribution in [-0.2, 0) is 0 Å². The van der Waals surface area contributed by atoms with Crippen molar-refractivity contribution in [2.45, 2.75) is 25.8 Å². The summed E-state index contributed by atoms with van der Waals surface area (Å²) in [5.41, 5.74) is 6.84. The maximum atomic E-state index is 8.59. The van der Waals surface area contributed by atoms with Crippen LogP contribution in [0.2, 0.25) is 0 Å². The number of aliphatic hydroxyl groups excluding tert-OH is 1. The number of ether oxygens (including phenoxy) is 1. The van der Waals surface area contributed by atoms with Gasteiger partial charge >= 0.3 is 0 Å². The topological polar surface area (TPSA) is 55.5 Å². The number of benzene rings is 1. The van der Waals surface area contributed by atoms with Gasteiger partial charge in [-0.1, -0.05) is 12.1 Å². The standard InChI is InChI=1S/C12H19NO2/c1-10(13)11-4-6-12(7-5-11)15-9-3-2-8-14/h4-7,10,14H,2-3,8-9,13H2,1H3. The molecule has 3 N–H and O–H groups in total. The number of hydrogen-bond donors (Lipinski definition) is 2. The van der Waals surface area contributed by atoms with Crippen molar-refractivity contribution in [2.24, 2.45) is 5.73 Å². The van der Waals surface area contributed by atoms with Crippen LogP contribution in [0, 0.1) is 0 Å². The Hall–Kier alpha value is -1.06. The second-order valence-corrected chi connectivity index (χ2v) is 3.64. The van der Waals surface area contributed by atoms with Crippen LogP contribution in [0.25, 0.3) is 0 Å². The number of aliphatic hydroxyl groups is 1. The van der Waals surface area contributed by atoms with E-state index in [1.165, 1.54) is 0 Å². The third kappa shape index (κ3) is 4.32. The van der Waals surface area contributed by atoms with Crippen molar-refractivity contribution >= 4 is 0 Å². The maximum Gasteiger partial charge on any atom is 0.119 e. The molecule has 0 spiro atoms. The molecule has 0 aliphatic heterocycles. The van der Waals surface area contributed by atoms with E-state index in [1.807, 2.05) is 31.2 Å². The normalized spacial score (nSPS) is 12.5. The van der Waals surface area contributed by atoms with E-state index >= 15 is 0 Å². The Morgan fingerprint density at radius 3 is 2.47 bits per heavy atom. The highest BCUT2D eigenvalue weighted by Gasteiger charge is 1.99. The number of unbranched alkanes of at least 4 members (excludes halogenated alkanes) is 1. The molecule has 0 fully saturated rings. The first kappa shape index (κ1) is 12.0. The van der Waals surface area contributed by atoms with Gasteiger partial charge in [0.1, 0.15) is 5.75 Å². The molecule has 0 saturated heterocycles. The molecular weight excluding hydrogens is 190 g/mol. The van der Waals surface area contributed by atoms with Crippen LogP contribution in [0.15, 0.2) is 24.3 Å². The zero-order valence-corrected chi connectivity index (χ0v) is 9.15. The third-order valence-electron chi connectivity index (χ3n) is 2.23. The van der Waals surface area contributed by atoms with Crippen LogP contribution >= 0.6 is 0 Å². The Bertz CT molecular complexity index is 269. The van der Waals surface area contributed by atoms with Crippen LogP contribution in [0.4, 0.5) is 0 Å². The lowest BCUT2D eigenvalue weighted by atomic mass is 10.1. The van der Waals surface area contributed by atoms with Crippen LogP contribution in [0.5, 0.6) is 5.75 Å². The van der Waals surface area contributed by atoms with E-state index in [9.17, 15) is 0 Å². The number of rotatable bonds is 6. The lowest BCUT2D eigenvalue weighted by molar-refractivity contribution is 0.253. The number of hydrogen-bond acceptors (Lipinski definition) is 3. The zero-order valence-electron chi connectivity index (χ0n) is 9.15. The lowest BCUT2D eigenvalue weighted by Gasteiger charge is -2.08. The first-order valence-corrected chi connectivity index (χ1v) is 5.33. The smallest absolute Gasteiger partial charge is 0.119 e. The van der Waals surface area contributed by atoms with Crippen molar-refractivity contribution in [3.63, 3.8) is 0 Å². The summed E-state index contributed by atoms with van der Waals surface area (Å²) < 4.78 is 5.49. The minimum absolute atomic E-state index is 0.0634. The van der Waals surface area contributed by atoms with Gasteiger partial charge in [0.15, 0.2) is 0 Å². The highest BCUT2D eigenvalue weighted by Crippen LogP contribution is 2.16. The first-order valence-electron chi connectivity index (χ1n) is 5.33. The fraction of sp³-hybridized carbons (Fsp3) is 0.500. The summed E-state index contributed by atoms with van der Waals surface area (Å²) in [6, 6.07) is 7.88. The predicted octanol–water partition coefficient (Wildman–Crippen LogP) is 1.86. The van der Waals surface area contributed by atoms with Gasteiger partial charge in [0.25, 0.3) is 0 Å². The van der Waals surface area contributed by atoms with Gasteiger partial charge in [0.2, 0.25) is 0 Å². The van der Waals surface area contributed by atoms with Crippen molar-refractivity contribution in [2.75, 3.05) is 13.2 Å². The van der Waals surface area contributed by atoms with Gasteiger partial charge in [-0.2, -0.15) is 0 Å². The molecule has 1 aromatic rings. The second kappa shape index (κ2) is 6.43. The monoisotopic (exact) mass is 209 g/mol. The zero-order chi connectivity index (χ0) is 11.1. The quantitative estimate of drug-likeness (QED) is 0.703. The van der Waals surface area contributed by atoms with Gasteiger partial charge in [-0.05, 0) is 37.5 Å². The Morgan fingerprint density at radius 1 is 1.27 bits per heavy atom. The van der Waals surface area contributed by atoms with Crippen LogP contribution in [0.1, 0.15) is 31.4 Å². The molecule has 1 atom stereocenters. The summed E-state index contributed by atoms with van der Waals surface area (Å²) in [4.78, 5) is 0. The molecule has 1 aromatic carbocycles. The highest BCUT2D eigenvalue weighted by atomic mass is 16.5. The van der Waals surface area contributed by atoms with Crippen LogP contribution in [-0.4, -0.2) is 18.3 Å². The van der Waals surface area contributed by atoms with E-state index in [-0.39, 0.29) is 12.6 Å². The van der Waals surface area contributed by atoms with Crippen molar-refractivity contribution in [1.82, 2.24) is 0 Å². The summed E-state index contributed by atoms with van der Waals surface area (Å²) in [6.07, 6.45) is 1.67. The molecule has 15 heavy (non-hydrogen) atoms. The predicted molar refractivity (Wildman–Crippen MR) is 60.9 cm³/mol. The number of nitrogens with two attached hydrogens (primary N) is 1. The fourth-order valence-corrected chi connectivity index (χ4v) is 1.27. The van der Waals surface area contributed by atoms with E-state index in [2.05, 4.69) is 0 Å². The average Bonchev–Trinajstić information content (AvgIpc) is 2.25. The molecule has 0 radical (unpaired) electrons. The Balaban J connectivity index is 2.36. The molecule has 3 heteroatoms. The molecule has 0 saturated carbocycles. The van der Waals surface area contributed by atoms with Gasteiger partial charge < -0.3 is 15.6 Å². The maximum absolute atomic E-state index is 8.59. The second-order valence-electron chi connectivity index (χ2n) is 3.64. The van der Waals surface area contributed by atoms with Crippen LogP contribution < -0.4 is 10.5 Å². The minimum Gasteiger partial charge on any atom is -0.494 e. The van der Waals surface area contributed by atoms with E-state index in [0.29, 0.717) is 6.61 Å². The van der Waals surface area contributed by atoms with Gasteiger partial charge in [-0.3, -0.25) is 0 Å². The Kier molecular flexibility index (Phi) is 5.15. The summed E-state index contributed by atoms with van der Waals surface area (Å²) in [5.74, 6) is 0.859. The molecule has 0 aliphatic rings. The molecule has 0 aliphatic carbocycles. The SMILES string of the molecule is CC(N)c1ccc(OCCCCO)cc1. The molecule has 84 valence electrons. The van der Waals surface area contributed by atoms with Gasteiger partial charge in [-0.15, -0.1) is 0 Å². The van der Waals surface area contributed by atoms with Crippen LogP contribution in [0.3, 0.4) is 0 Å². The Morgan fingerprint density at radius 2 is 1.93 bits per heavy atom. The lowest BCUT2D eigenvalue weighted by Crippen LogP contribution is -2.04. The largest absolute Gasteiger partial charge is 0.494 e. The van der Waals surface area contributed by atoms with E-state index in [4.69, 9.17) is 15.6 Å². The van der Waals surface area contributed by atoms with Crippen molar-refractivity contribution < 1.29 is 9.84 Å². The molecule has 0 aromatic heterocycles. The molecule has 0 heterocycles. The van der Waals surface area contributed by atoms with Gasteiger partial charge in [-0.25, -0.2) is 0 Å². The molecule has 1 unspecified atom stereocenters. The summed E-state index contributed by atoms with van der Waals surface area (Å²) in [5, 5.41) is 8.59. The highest BCUT2D eigenvalue weighted by molar-refractivity contribution is 5.28. The van der Waals surface area contributed by atoms with Gasteiger partial charge in [0.05, 0.1) is 6.61 Å². The summed E-state index contributed by atoms with van der Waals surface area (Å²) in [7, 11) is 0. The van der Waals surface area contributed by atoms with E-state index in [0.717, 1.165) is 24.2 Å². The van der Waals surface area contributed by atoms with Gasteiger partial charge in [0, 0.05) is 12.6 Å². The van der Waals surface area contributed by atoms with E-state index in [1.54, 1.807) is 0 Å². The van der Waals surface area contributed by atoms with Crippen molar-refractivity contribution in [1.29, 1.82) is 0 Å². The van der Waals surface area contributed by atoms with Crippen molar-refractivity contribution in [3.05, 3.63) is 29.8 Å². The fourth-order valence-electron chi connectivity index (χ4n) is 1.27. The molecule has 0 bridgehead atoms. The first-order chi connectivity index (χ1) is 7.24. The van der Waals surface area contributed by atoms with E-state index < -0.39 is 0 Å². The average molecular weight is 209 g/mol. The minimum atomic E-state index is 0.0634. The van der Waals surface area contributed by atoms with Crippen molar-refractivity contribution in [3.8, 4) is 5.75 Å². The summed E-state index contributed by atoms with van der Waals surface area (Å²) in [6.45, 7) is 2.84. The molecule has 1 rings (SSSR count). The molecule has 0 amide bonds. The molecule has 3 nitrogen and oxygen atoms in total. The molecular formula is C12H19NO2. The Labute approximate surface area is 90.9 Å².